The van der Waals surface area contributed by atoms with E-state index in [9.17, 15) is 4.79 Å². The third-order valence-corrected chi connectivity index (χ3v) is 3.27. The summed E-state index contributed by atoms with van der Waals surface area (Å²) >= 11 is 0. The lowest BCUT2D eigenvalue weighted by Crippen LogP contribution is -2.42. The van der Waals surface area contributed by atoms with E-state index < -0.39 is 0 Å². The zero-order valence-corrected chi connectivity index (χ0v) is 10.4. The number of nitrogens with one attached hydrogen (secondary N) is 1. The van der Waals surface area contributed by atoms with E-state index in [2.05, 4.69) is 15.2 Å². The molecule has 5 nitrogen and oxygen atoms in total. The van der Waals surface area contributed by atoms with Gasteiger partial charge in [0.1, 0.15) is 11.8 Å². The van der Waals surface area contributed by atoms with Gasteiger partial charge in [0.2, 0.25) is 5.91 Å². The molecule has 1 aromatic rings. The van der Waals surface area contributed by atoms with E-state index >= 15 is 0 Å². The number of carbonyl (C=O) groups is 1. The molecule has 0 radical (unpaired) electrons. The van der Waals surface area contributed by atoms with Gasteiger partial charge in [0, 0.05) is 20.1 Å². The number of anilines is 1. The minimum atomic E-state index is 0.0411. The molecule has 0 aliphatic carbocycles. The molecule has 2 rings (SSSR count). The number of hydrogen-bond acceptors (Lipinski definition) is 4. The van der Waals surface area contributed by atoms with Crippen LogP contribution in [0, 0.1) is 17.2 Å². The van der Waals surface area contributed by atoms with Crippen LogP contribution in [-0.4, -0.2) is 31.0 Å². The molecule has 0 saturated carbocycles. The highest BCUT2D eigenvalue weighted by Crippen LogP contribution is 2.22. The van der Waals surface area contributed by atoms with E-state index in [4.69, 9.17) is 5.26 Å². The van der Waals surface area contributed by atoms with Crippen LogP contribution < -0.4 is 10.2 Å². The maximum atomic E-state index is 11.6. The summed E-state index contributed by atoms with van der Waals surface area (Å²) in [5.41, 5.74) is 1.39. The van der Waals surface area contributed by atoms with Crippen molar-refractivity contribution in [2.75, 3.05) is 25.0 Å². The number of rotatable bonds is 2. The standard InChI is InChI=1S/C13H16N4O/c1-15-13(18)10-3-2-6-17(9-10)12-5-4-11(7-14)16-8-12/h4-5,8,10H,2-3,6,9H2,1H3,(H,15,18). The molecule has 1 unspecified atom stereocenters. The Kier molecular flexibility index (Phi) is 3.78. The average Bonchev–Trinajstić information content (AvgIpc) is 2.46. The molecule has 1 aliphatic rings. The largest absolute Gasteiger partial charge is 0.369 e. The van der Waals surface area contributed by atoms with Crippen molar-refractivity contribution in [3.05, 3.63) is 24.0 Å². The summed E-state index contributed by atoms with van der Waals surface area (Å²) in [5, 5.41) is 11.4. The lowest BCUT2D eigenvalue weighted by atomic mass is 9.97. The quantitative estimate of drug-likeness (QED) is 0.839. The smallest absolute Gasteiger partial charge is 0.224 e. The number of aromatic nitrogens is 1. The van der Waals surface area contributed by atoms with E-state index in [0.29, 0.717) is 12.2 Å². The summed E-state index contributed by atoms with van der Waals surface area (Å²) in [5.74, 6) is 0.140. The van der Waals surface area contributed by atoms with Crippen LogP contribution in [0.1, 0.15) is 18.5 Å². The van der Waals surface area contributed by atoms with Crippen LogP contribution in [0.2, 0.25) is 0 Å². The van der Waals surface area contributed by atoms with Crippen molar-refractivity contribution in [1.82, 2.24) is 10.3 Å². The number of pyridine rings is 1. The van der Waals surface area contributed by atoms with E-state index in [1.54, 1.807) is 19.3 Å². The van der Waals surface area contributed by atoms with Gasteiger partial charge < -0.3 is 10.2 Å². The summed E-state index contributed by atoms with van der Waals surface area (Å²) in [6.45, 7) is 1.65. The fraction of sp³-hybridized carbons (Fsp3) is 0.462. The van der Waals surface area contributed by atoms with Gasteiger partial charge in [-0.2, -0.15) is 5.26 Å². The van der Waals surface area contributed by atoms with Crippen LogP contribution in [0.3, 0.4) is 0 Å². The van der Waals surface area contributed by atoms with Gasteiger partial charge in [-0.1, -0.05) is 0 Å². The molecule has 0 aromatic carbocycles. The highest BCUT2D eigenvalue weighted by atomic mass is 16.1. The molecule has 1 atom stereocenters. The number of hydrogen-bond donors (Lipinski definition) is 1. The second kappa shape index (κ2) is 5.50. The Morgan fingerprint density at radius 1 is 1.61 bits per heavy atom. The maximum Gasteiger partial charge on any atom is 0.224 e. The average molecular weight is 244 g/mol. The molecule has 18 heavy (non-hydrogen) atoms. The predicted octanol–water partition coefficient (Wildman–Crippen LogP) is 0.916. The molecule has 5 heteroatoms. The first kappa shape index (κ1) is 12.4. The van der Waals surface area contributed by atoms with Gasteiger partial charge in [-0.3, -0.25) is 4.79 Å². The molecule has 1 aromatic heterocycles. The Labute approximate surface area is 106 Å². The maximum absolute atomic E-state index is 11.6. The van der Waals surface area contributed by atoms with Crippen LogP contribution in [0.25, 0.3) is 0 Å². The van der Waals surface area contributed by atoms with Crippen molar-refractivity contribution in [3.63, 3.8) is 0 Å². The molecule has 0 bridgehead atoms. The molecule has 0 spiro atoms. The van der Waals surface area contributed by atoms with Gasteiger partial charge in [0.15, 0.2) is 0 Å². The first-order valence-corrected chi connectivity index (χ1v) is 6.07. The van der Waals surface area contributed by atoms with Crippen LogP contribution in [0.4, 0.5) is 5.69 Å². The van der Waals surface area contributed by atoms with E-state index in [1.807, 2.05) is 12.1 Å². The molecule has 1 amide bonds. The van der Waals surface area contributed by atoms with Gasteiger partial charge in [-0.15, -0.1) is 0 Å². The van der Waals surface area contributed by atoms with Crippen LogP contribution in [-0.2, 0) is 4.79 Å². The first-order valence-electron chi connectivity index (χ1n) is 6.07. The fourth-order valence-electron chi connectivity index (χ4n) is 2.27. The van der Waals surface area contributed by atoms with Gasteiger partial charge in [0.25, 0.3) is 0 Å². The topological polar surface area (TPSA) is 69.0 Å². The Balaban J connectivity index is 2.08. The monoisotopic (exact) mass is 244 g/mol. The zero-order chi connectivity index (χ0) is 13.0. The molecule has 1 N–H and O–H groups in total. The van der Waals surface area contributed by atoms with Crippen LogP contribution in [0.5, 0.6) is 0 Å². The van der Waals surface area contributed by atoms with Crippen LogP contribution >= 0.6 is 0 Å². The van der Waals surface area contributed by atoms with Crippen LogP contribution in [0.15, 0.2) is 18.3 Å². The molecular weight excluding hydrogens is 228 g/mol. The molecule has 1 saturated heterocycles. The SMILES string of the molecule is CNC(=O)C1CCCN(c2ccc(C#N)nc2)C1. The molecule has 94 valence electrons. The summed E-state index contributed by atoms with van der Waals surface area (Å²) in [6, 6.07) is 5.59. The first-order chi connectivity index (χ1) is 8.74. The number of nitriles is 1. The normalized spacial score (nSPS) is 19.1. The van der Waals surface area contributed by atoms with E-state index in [0.717, 1.165) is 25.1 Å². The van der Waals surface area contributed by atoms with Crippen molar-refractivity contribution in [2.24, 2.45) is 5.92 Å². The summed E-state index contributed by atoms with van der Waals surface area (Å²) < 4.78 is 0. The Hall–Kier alpha value is -2.09. The zero-order valence-electron chi connectivity index (χ0n) is 10.4. The lowest BCUT2D eigenvalue weighted by Gasteiger charge is -2.33. The number of nitrogens with zero attached hydrogens (tertiary/aromatic N) is 3. The fourth-order valence-corrected chi connectivity index (χ4v) is 2.27. The van der Waals surface area contributed by atoms with Gasteiger partial charge >= 0.3 is 0 Å². The Morgan fingerprint density at radius 3 is 3.06 bits per heavy atom. The lowest BCUT2D eigenvalue weighted by molar-refractivity contribution is -0.124. The summed E-state index contributed by atoms with van der Waals surface area (Å²) in [4.78, 5) is 17.9. The van der Waals surface area contributed by atoms with Gasteiger partial charge in [0.05, 0.1) is 17.8 Å². The second-order valence-corrected chi connectivity index (χ2v) is 4.41. The Bertz CT molecular complexity index is 463. The second-order valence-electron chi connectivity index (χ2n) is 4.41. The van der Waals surface area contributed by atoms with Gasteiger partial charge in [-0.25, -0.2) is 4.98 Å². The third kappa shape index (κ3) is 2.59. The van der Waals surface area contributed by atoms with E-state index in [-0.39, 0.29) is 11.8 Å². The van der Waals surface area contributed by atoms with Gasteiger partial charge in [-0.05, 0) is 25.0 Å². The van der Waals surface area contributed by atoms with Crippen molar-refractivity contribution < 1.29 is 4.79 Å². The number of carbonyl (C=O) groups excluding carboxylic acids is 1. The molecule has 2 heterocycles. The van der Waals surface area contributed by atoms with Crippen molar-refractivity contribution in [1.29, 1.82) is 5.26 Å². The summed E-state index contributed by atoms with van der Waals surface area (Å²) in [6.07, 6.45) is 3.63. The van der Waals surface area contributed by atoms with Crippen molar-refractivity contribution >= 4 is 11.6 Å². The van der Waals surface area contributed by atoms with E-state index in [1.165, 1.54) is 0 Å². The predicted molar refractivity (Wildman–Crippen MR) is 68.0 cm³/mol. The number of amides is 1. The minimum Gasteiger partial charge on any atom is -0.369 e. The molecule has 1 fully saturated rings. The van der Waals surface area contributed by atoms with Crippen molar-refractivity contribution in [2.45, 2.75) is 12.8 Å². The minimum absolute atomic E-state index is 0.0411. The highest BCUT2D eigenvalue weighted by Gasteiger charge is 2.25. The molecule has 1 aliphatic heterocycles. The molecular formula is C13H16N4O. The highest BCUT2D eigenvalue weighted by molar-refractivity contribution is 5.79. The third-order valence-electron chi connectivity index (χ3n) is 3.27. The van der Waals surface area contributed by atoms with Crippen molar-refractivity contribution in [3.8, 4) is 6.07 Å². The summed E-state index contributed by atoms with van der Waals surface area (Å²) in [7, 11) is 1.67. The Morgan fingerprint density at radius 2 is 2.44 bits per heavy atom. The number of piperidine rings is 1.